The van der Waals surface area contributed by atoms with Crippen molar-refractivity contribution in [1.82, 2.24) is 0 Å². The summed E-state index contributed by atoms with van der Waals surface area (Å²) in [4.78, 5) is 0. The van der Waals surface area contributed by atoms with E-state index >= 15 is 0 Å². The van der Waals surface area contributed by atoms with Gasteiger partial charge in [-0.15, -0.1) is 0 Å². The van der Waals surface area contributed by atoms with E-state index < -0.39 is 18.9 Å². The molecular weight excluding hydrogens is 773 g/mol. The van der Waals surface area contributed by atoms with E-state index in [4.69, 9.17) is 0 Å². The Labute approximate surface area is 370 Å². The molecule has 0 heterocycles. The van der Waals surface area contributed by atoms with Gasteiger partial charge in [0.15, 0.2) is 8.07 Å². The molecule has 0 amide bonds. The lowest BCUT2D eigenvalue weighted by atomic mass is 9.52. The first-order valence-corrected chi connectivity index (χ1v) is 24.2. The Morgan fingerprint density at radius 1 is 0.206 bits per heavy atom. The summed E-state index contributed by atoms with van der Waals surface area (Å²) in [5, 5.41) is 5.51. The fourth-order valence-corrected chi connectivity index (χ4v) is 17.1. The van der Waals surface area contributed by atoms with Gasteiger partial charge in [0.05, 0.1) is 10.8 Å². The molecule has 0 saturated carbocycles. The highest BCUT2D eigenvalue weighted by atomic mass is 28.3. The van der Waals surface area contributed by atoms with E-state index in [0.717, 1.165) is 0 Å². The van der Waals surface area contributed by atoms with Crippen LogP contribution in [0, 0.1) is 0 Å². The number of fused-ring (bicyclic) bond motifs is 16. The van der Waals surface area contributed by atoms with Gasteiger partial charge in [-0.05, 0) is 105 Å². The zero-order valence-corrected chi connectivity index (χ0v) is 35.7. The van der Waals surface area contributed by atoms with E-state index in [1.807, 2.05) is 0 Å². The van der Waals surface area contributed by atoms with Crippen LogP contribution in [0.4, 0.5) is 0 Å². The molecule has 0 nitrogen and oxygen atoms in total. The number of rotatable bonds is 5. The van der Waals surface area contributed by atoms with Gasteiger partial charge in [-0.2, -0.15) is 0 Å². The first-order valence-electron chi connectivity index (χ1n) is 22.2. The van der Waals surface area contributed by atoms with Crippen LogP contribution in [0.2, 0.25) is 0 Å². The van der Waals surface area contributed by atoms with Crippen LogP contribution < -0.4 is 20.7 Å². The highest BCUT2D eigenvalue weighted by Gasteiger charge is 2.59. The minimum Gasteiger partial charge on any atom is -0.0623 e. The van der Waals surface area contributed by atoms with Crippen LogP contribution >= 0.6 is 0 Å². The zero-order chi connectivity index (χ0) is 41.6. The lowest BCUT2D eigenvalue weighted by Crippen LogP contribution is -2.74. The third-order valence-corrected chi connectivity index (χ3v) is 19.5. The summed E-state index contributed by atoms with van der Waals surface area (Å²) in [6.07, 6.45) is 0. The Balaban J connectivity index is 1.09. The highest BCUT2D eigenvalue weighted by molar-refractivity contribution is 7.19. The van der Waals surface area contributed by atoms with E-state index in [1.165, 1.54) is 98.6 Å². The molecule has 3 aliphatic carbocycles. The normalized spacial score (nSPS) is 14.3. The zero-order valence-electron chi connectivity index (χ0n) is 34.7. The molecule has 0 atom stereocenters. The third-order valence-electron chi connectivity index (χ3n) is 14.7. The van der Waals surface area contributed by atoms with E-state index in [1.54, 1.807) is 0 Å². The maximum atomic E-state index is 2.57. The summed E-state index contributed by atoms with van der Waals surface area (Å²) in [5.41, 5.74) is 17.5. The second kappa shape index (κ2) is 13.7. The van der Waals surface area contributed by atoms with Gasteiger partial charge in [0.25, 0.3) is 0 Å². The molecule has 10 aromatic rings. The second-order valence-electron chi connectivity index (χ2n) is 17.4. The largest absolute Gasteiger partial charge is 0.179 e. The molecule has 63 heavy (non-hydrogen) atoms. The van der Waals surface area contributed by atoms with Crippen molar-refractivity contribution in [1.29, 1.82) is 0 Å². The molecule has 1 heteroatoms. The lowest BCUT2D eigenvalue weighted by Gasteiger charge is -2.49. The molecule has 0 aromatic heterocycles. The average molecular weight is 815 g/mol. The molecule has 0 saturated heterocycles. The van der Waals surface area contributed by atoms with Crippen LogP contribution in [0.15, 0.2) is 255 Å². The molecule has 10 aromatic carbocycles. The van der Waals surface area contributed by atoms with E-state index in [9.17, 15) is 0 Å². The first kappa shape index (κ1) is 36.1. The smallest absolute Gasteiger partial charge is 0.0623 e. The maximum absolute atomic E-state index is 2.68. The number of hydrogen-bond donors (Lipinski definition) is 0. The van der Waals surface area contributed by atoms with Crippen LogP contribution in [-0.4, -0.2) is 8.07 Å². The van der Waals surface area contributed by atoms with Gasteiger partial charge < -0.3 is 0 Å². The molecule has 0 N–H and O–H groups in total. The van der Waals surface area contributed by atoms with Gasteiger partial charge in [-0.1, -0.05) is 249 Å². The van der Waals surface area contributed by atoms with Gasteiger partial charge in [-0.3, -0.25) is 0 Å². The molecule has 0 bridgehead atoms. The van der Waals surface area contributed by atoms with Crippen molar-refractivity contribution in [3.05, 3.63) is 299 Å². The first-order chi connectivity index (χ1) is 31.3. The van der Waals surface area contributed by atoms with Crippen molar-refractivity contribution < 1.29 is 0 Å². The van der Waals surface area contributed by atoms with Gasteiger partial charge in [0.2, 0.25) is 0 Å². The van der Waals surface area contributed by atoms with Crippen LogP contribution in [0.25, 0.3) is 33.4 Å². The Morgan fingerprint density at radius 3 is 0.889 bits per heavy atom. The topological polar surface area (TPSA) is 0 Å². The van der Waals surface area contributed by atoms with Crippen molar-refractivity contribution in [2.24, 2.45) is 0 Å². The van der Waals surface area contributed by atoms with Gasteiger partial charge >= 0.3 is 0 Å². The second-order valence-corrected chi connectivity index (χ2v) is 21.2. The van der Waals surface area contributed by atoms with Crippen molar-refractivity contribution in [2.75, 3.05) is 0 Å². The lowest BCUT2D eigenvalue weighted by molar-refractivity contribution is 0.633. The molecule has 0 aliphatic heterocycles. The molecule has 2 spiro atoms. The quantitative estimate of drug-likeness (QED) is 0.120. The third kappa shape index (κ3) is 4.70. The predicted molar refractivity (Wildman–Crippen MR) is 264 cm³/mol. The summed E-state index contributed by atoms with van der Waals surface area (Å²) in [7, 11) is -2.68. The van der Waals surface area contributed by atoms with Crippen LogP contribution in [0.1, 0.15) is 44.5 Å². The van der Waals surface area contributed by atoms with Gasteiger partial charge in [0.1, 0.15) is 0 Å². The molecule has 0 radical (unpaired) electrons. The Bertz CT molecular complexity index is 3200. The summed E-state index contributed by atoms with van der Waals surface area (Å²) in [6.45, 7) is 0. The van der Waals surface area contributed by atoms with E-state index in [0.29, 0.717) is 0 Å². The maximum Gasteiger partial charge on any atom is 0.179 e. The SMILES string of the molecule is c1ccc([Si](c2ccccc2)(c2ccccc2)c2ccc(-c3ccc4c(c3)C3(c5ccccc5-c5ccccc53)c3ccccc3C43c4ccccc4-c4ccccc43)cc2)cc1. The Kier molecular flexibility index (Phi) is 7.86. The minimum atomic E-state index is -2.68. The fourth-order valence-electron chi connectivity index (χ4n) is 12.4. The monoisotopic (exact) mass is 814 g/mol. The average Bonchev–Trinajstić information content (AvgIpc) is 3.83. The Hall–Kier alpha value is -7.58. The number of hydrogen-bond acceptors (Lipinski definition) is 0. The predicted octanol–water partition coefficient (Wildman–Crippen LogP) is 11.8. The molecular formula is C62H42Si. The van der Waals surface area contributed by atoms with Crippen LogP contribution in [0.3, 0.4) is 0 Å². The molecule has 3 aliphatic rings. The molecule has 13 rings (SSSR count). The molecule has 294 valence electrons. The fraction of sp³-hybridized carbons (Fsp3) is 0.0323. The van der Waals surface area contributed by atoms with Crippen molar-refractivity contribution in [2.45, 2.75) is 10.8 Å². The summed E-state index contributed by atoms with van der Waals surface area (Å²) < 4.78 is 0. The van der Waals surface area contributed by atoms with E-state index in [2.05, 4.69) is 255 Å². The highest BCUT2D eigenvalue weighted by Crippen LogP contribution is 2.67. The Morgan fingerprint density at radius 2 is 0.492 bits per heavy atom. The van der Waals surface area contributed by atoms with Crippen LogP contribution in [-0.2, 0) is 10.8 Å². The summed E-state index contributed by atoms with van der Waals surface area (Å²) in [5.74, 6) is 0. The van der Waals surface area contributed by atoms with E-state index in [-0.39, 0.29) is 0 Å². The summed E-state index contributed by atoms with van der Waals surface area (Å²) >= 11 is 0. The van der Waals surface area contributed by atoms with Gasteiger partial charge in [0, 0.05) is 0 Å². The minimum absolute atomic E-state index is 0.495. The summed E-state index contributed by atoms with van der Waals surface area (Å²) in [6, 6.07) is 96.8. The van der Waals surface area contributed by atoms with Crippen LogP contribution in [0.5, 0.6) is 0 Å². The number of benzene rings is 10. The van der Waals surface area contributed by atoms with Gasteiger partial charge in [-0.25, -0.2) is 0 Å². The van der Waals surface area contributed by atoms with Crippen molar-refractivity contribution in [3.63, 3.8) is 0 Å². The standard InChI is InChI=1S/C62H42Si/c1-4-20-45(21-5-1)63(46-22-6-2-7-23-46,47-24-8-3-9-25-47)48-39-36-43(37-40-48)44-38-41-59-60(42-44)62(55-32-16-12-28-51(55)52-29-13-17-33-56(52)62)58-35-19-18-34-57(58)61(59)53-30-14-10-26-49(53)50-27-11-15-31-54(50)61/h1-42H. The molecule has 0 unspecified atom stereocenters. The van der Waals surface area contributed by atoms with Crippen molar-refractivity contribution in [3.8, 4) is 33.4 Å². The molecule has 0 fully saturated rings. The van der Waals surface area contributed by atoms with Crippen molar-refractivity contribution >= 4 is 28.8 Å².